The van der Waals surface area contributed by atoms with Crippen LogP contribution in [0.4, 0.5) is 9.52 Å². The van der Waals surface area contributed by atoms with Gasteiger partial charge in [0.25, 0.3) is 0 Å². The molecular weight excluding hydrogens is 377 g/mol. The number of thiazole rings is 1. The molecule has 0 fully saturated rings. The number of aryl methyl sites for hydroxylation is 1. The van der Waals surface area contributed by atoms with Crippen LogP contribution >= 0.6 is 11.3 Å². The number of hydrogen-bond donors (Lipinski definition) is 2. The smallest absolute Gasteiger partial charge is 0.228 e. The topological polar surface area (TPSA) is 71.1 Å². The van der Waals surface area contributed by atoms with E-state index in [2.05, 4.69) is 15.6 Å². The molecule has 1 heterocycles. The normalized spacial score (nSPS) is 11.7. The molecule has 2 N–H and O–H groups in total. The second kappa shape index (κ2) is 8.75. The third kappa shape index (κ3) is 5.01. The zero-order chi connectivity index (χ0) is 20.1. The molecule has 7 heteroatoms. The van der Waals surface area contributed by atoms with Crippen LogP contribution < -0.4 is 10.6 Å². The Kier molecular flexibility index (Phi) is 6.16. The van der Waals surface area contributed by atoms with E-state index in [-0.39, 0.29) is 24.1 Å². The lowest BCUT2D eigenvalue weighted by Crippen LogP contribution is -2.29. The van der Waals surface area contributed by atoms with E-state index in [1.54, 1.807) is 12.1 Å². The van der Waals surface area contributed by atoms with Crippen molar-refractivity contribution in [1.82, 2.24) is 10.3 Å². The highest BCUT2D eigenvalue weighted by molar-refractivity contribution is 7.16. The lowest BCUT2D eigenvalue weighted by Gasteiger charge is -2.17. The standard InChI is InChI=1S/C21H20FN3O2S/c1-13-20(16-8-10-17(22)11-9-16)25-21(28-13)24-19(27)12-18(23-14(2)26)15-6-4-3-5-7-15/h3-11,18H,12H2,1-2H3,(H,23,26)(H,24,25,27)/t18-/m1/s1. The van der Waals surface area contributed by atoms with Crippen molar-refractivity contribution in [3.8, 4) is 11.3 Å². The monoisotopic (exact) mass is 397 g/mol. The van der Waals surface area contributed by atoms with E-state index in [0.717, 1.165) is 16.0 Å². The second-order valence-electron chi connectivity index (χ2n) is 6.35. The van der Waals surface area contributed by atoms with E-state index >= 15 is 0 Å². The molecule has 3 aromatic rings. The third-order valence-electron chi connectivity index (χ3n) is 4.13. The van der Waals surface area contributed by atoms with Crippen LogP contribution in [0.1, 0.15) is 29.8 Å². The highest BCUT2D eigenvalue weighted by atomic mass is 32.1. The molecule has 0 saturated carbocycles. The van der Waals surface area contributed by atoms with Crippen molar-refractivity contribution in [2.24, 2.45) is 0 Å². The van der Waals surface area contributed by atoms with Crippen molar-refractivity contribution >= 4 is 28.3 Å². The Balaban J connectivity index is 1.72. The molecule has 0 aliphatic rings. The molecule has 1 atom stereocenters. The molecule has 2 aromatic carbocycles. The van der Waals surface area contributed by atoms with E-state index in [9.17, 15) is 14.0 Å². The molecule has 1 aromatic heterocycles. The Bertz CT molecular complexity index is 971. The summed E-state index contributed by atoms with van der Waals surface area (Å²) in [5.41, 5.74) is 2.35. The number of nitrogens with one attached hydrogen (secondary N) is 2. The average Bonchev–Trinajstić information content (AvgIpc) is 3.02. The minimum absolute atomic E-state index is 0.0914. The van der Waals surface area contributed by atoms with Gasteiger partial charge in [-0.3, -0.25) is 9.59 Å². The molecule has 0 saturated heterocycles. The van der Waals surface area contributed by atoms with Crippen molar-refractivity contribution in [2.45, 2.75) is 26.3 Å². The van der Waals surface area contributed by atoms with Gasteiger partial charge in [-0.15, -0.1) is 11.3 Å². The first-order valence-corrected chi connectivity index (χ1v) is 9.59. The van der Waals surface area contributed by atoms with Gasteiger partial charge in [-0.25, -0.2) is 9.37 Å². The Hall–Kier alpha value is -3.06. The minimum atomic E-state index is -0.420. The van der Waals surface area contributed by atoms with Crippen molar-refractivity contribution in [2.75, 3.05) is 5.32 Å². The molecule has 2 amide bonds. The summed E-state index contributed by atoms with van der Waals surface area (Å²) in [6.07, 6.45) is 0.0914. The summed E-state index contributed by atoms with van der Waals surface area (Å²) >= 11 is 1.35. The quantitative estimate of drug-likeness (QED) is 0.645. The van der Waals surface area contributed by atoms with Crippen LogP contribution in [-0.2, 0) is 9.59 Å². The number of benzene rings is 2. The van der Waals surface area contributed by atoms with Crippen molar-refractivity contribution in [3.05, 3.63) is 70.9 Å². The van der Waals surface area contributed by atoms with Crippen LogP contribution in [0, 0.1) is 12.7 Å². The van der Waals surface area contributed by atoms with Gasteiger partial charge in [-0.1, -0.05) is 30.3 Å². The Morgan fingerprint density at radius 1 is 1.11 bits per heavy atom. The fourth-order valence-corrected chi connectivity index (χ4v) is 3.72. The fourth-order valence-electron chi connectivity index (χ4n) is 2.86. The van der Waals surface area contributed by atoms with E-state index in [4.69, 9.17) is 0 Å². The molecule has 28 heavy (non-hydrogen) atoms. The first kappa shape index (κ1) is 19.7. The molecule has 5 nitrogen and oxygen atoms in total. The van der Waals surface area contributed by atoms with Gasteiger partial charge in [0.15, 0.2) is 5.13 Å². The number of rotatable bonds is 6. The van der Waals surface area contributed by atoms with Gasteiger partial charge >= 0.3 is 0 Å². The molecule has 3 rings (SSSR count). The Morgan fingerprint density at radius 2 is 1.79 bits per heavy atom. The van der Waals surface area contributed by atoms with E-state index < -0.39 is 6.04 Å². The number of nitrogens with zero attached hydrogens (tertiary/aromatic N) is 1. The molecular formula is C21H20FN3O2S. The Morgan fingerprint density at radius 3 is 2.43 bits per heavy atom. The summed E-state index contributed by atoms with van der Waals surface area (Å²) in [7, 11) is 0. The van der Waals surface area contributed by atoms with Gasteiger partial charge < -0.3 is 10.6 Å². The number of hydrogen-bond acceptors (Lipinski definition) is 4. The predicted molar refractivity (Wildman–Crippen MR) is 108 cm³/mol. The van der Waals surface area contributed by atoms with Crippen LogP contribution in [-0.4, -0.2) is 16.8 Å². The van der Waals surface area contributed by atoms with E-state index in [1.165, 1.54) is 30.4 Å². The number of anilines is 1. The van der Waals surface area contributed by atoms with Gasteiger partial charge in [0, 0.05) is 17.4 Å². The number of halogens is 1. The maximum atomic E-state index is 13.1. The van der Waals surface area contributed by atoms with Gasteiger partial charge in [-0.05, 0) is 36.8 Å². The maximum Gasteiger partial charge on any atom is 0.228 e. The van der Waals surface area contributed by atoms with Gasteiger partial charge in [-0.2, -0.15) is 0 Å². The lowest BCUT2D eigenvalue weighted by molar-refractivity contribution is -0.120. The number of amides is 2. The van der Waals surface area contributed by atoms with Crippen LogP contribution in [0.3, 0.4) is 0 Å². The van der Waals surface area contributed by atoms with Gasteiger partial charge in [0.1, 0.15) is 5.82 Å². The lowest BCUT2D eigenvalue weighted by atomic mass is 10.0. The highest BCUT2D eigenvalue weighted by Gasteiger charge is 2.19. The SMILES string of the molecule is CC(=O)N[C@H](CC(=O)Nc1nc(-c2ccc(F)cc2)c(C)s1)c1ccccc1. The number of aromatic nitrogens is 1. The van der Waals surface area contributed by atoms with Gasteiger partial charge in [0.05, 0.1) is 18.2 Å². The molecule has 0 unspecified atom stereocenters. The van der Waals surface area contributed by atoms with Crippen LogP contribution in [0.25, 0.3) is 11.3 Å². The fraction of sp³-hybridized carbons (Fsp3) is 0.190. The maximum absolute atomic E-state index is 13.1. The zero-order valence-corrected chi connectivity index (χ0v) is 16.3. The predicted octanol–water partition coefficient (Wildman–Crippen LogP) is 4.46. The molecule has 0 spiro atoms. The highest BCUT2D eigenvalue weighted by Crippen LogP contribution is 2.30. The van der Waals surface area contributed by atoms with E-state index in [0.29, 0.717) is 10.8 Å². The second-order valence-corrected chi connectivity index (χ2v) is 7.55. The summed E-state index contributed by atoms with van der Waals surface area (Å²) < 4.78 is 13.1. The number of carbonyl (C=O) groups is 2. The summed E-state index contributed by atoms with van der Waals surface area (Å²) in [4.78, 5) is 29.4. The minimum Gasteiger partial charge on any atom is -0.349 e. The first-order valence-electron chi connectivity index (χ1n) is 8.77. The van der Waals surface area contributed by atoms with Crippen LogP contribution in [0.15, 0.2) is 54.6 Å². The van der Waals surface area contributed by atoms with Crippen LogP contribution in [0.5, 0.6) is 0 Å². The Labute approximate surface area is 166 Å². The van der Waals surface area contributed by atoms with Crippen molar-refractivity contribution in [3.63, 3.8) is 0 Å². The zero-order valence-electron chi connectivity index (χ0n) is 15.5. The summed E-state index contributed by atoms with van der Waals surface area (Å²) in [6.45, 7) is 3.32. The molecule has 0 aliphatic carbocycles. The largest absolute Gasteiger partial charge is 0.349 e. The summed E-state index contributed by atoms with van der Waals surface area (Å²) in [5, 5.41) is 6.08. The molecule has 0 aliphatic heterocycles. The molecule has 144 valence electrons. The summed E-state index contributed by atoms with van der Waals surface area (Å²) in [6, 6.07) is 15.0. The van der Waals surface area contributed by atoms with Crippen molar-refractivity contribution in [1.29, 1.82) is 0 Å². The average molecular weight is 397 g/mol. The van der Waals surface area contributed by atoms with Crippen molar-refractivity contribution < 1.29 is 14.0 Å². The van der Waals surface area contributed by atoms with Gasteiger partial charge in [0.2, 0.25) is 11.8 Å². The van der Waals surface area contributed by atoms with E-state index in [1.807, 2.05) is 37.3 Å². The van der Waals surface area contributed by atoms with Crippen LogP contribution in [0.2, 0.25) is 0 Å². The first-order chi connectivity index (χ1) is 13.4. The summed E-state index contributed by atoms with van der Waals surface area (Å²) in [5.74, 6) is -0.762. The molecule has 0 bridgehead atoms. The number of carbonyl (C=O) groups excluding carboxylic acids is 2. The third-order valence-corrected chi connectivity index (χ3v) is 5.02. The molecule has 0 radical (unpaired) electrons.